The van der Waals surface area contributed by atoms with E-state index in [4.69, 9.17) is 17.0 Å². The molecule has 2 amide bonds. The molecule has 1 aromatic heterocycles. The van der Waals surface area contributed by atoms with Gasteiger partial charge in [-0.05, 0) is 12.2 Å². The van der Waals surface area contributed by atoms with Gasteiger partial charge in [-0.2, -0.15) is 0 Å². The number of hydrogen-bond acceptors (Lipinski definition) is 7. The highest BCUT2D eigenvalue weighted by Crippen LogP contribution is 2.27. The van der Waals surface area contributed by atoms with Gasteiger partial charge in [0, 0.05) is 45.4 Å². The van der Waals surface area contributed by atoms with E-state index < -0.39 is 11.6 Å². The van der Waals surface area contributed by atoms with Crippen LogP contribution in [0.15, 0.2) is 18.3 Å². The quantitative estimate of drug-likeness (QED) is 0.463. The number of nitrogens with zero attached hydrogens (tertiary/aromatic N) is 5. The Morgan fingerprint density at radius 3 is 2.44 bits per heavy atom. The van der Waals surface area contributed by atoms with E-state index in [2.05, 4.69) is 20.9 Å². The van der Waals surface area contributed by atoms with Crippen LogP contribution in [0.1, 0.15) is 12.1 Å². The summed E-state index contributed by atoms with van der Waals surface area (Å²) in [5, 5.41) is 13.2. The van der Waals surface area contributed by atoms with Crippen LogP contribution in [-0.2, 0) is 20.9 Å². The number of anilines is 1. The monoisotopic (exact) mass is 467 g/mol. The maximum Gasteiger partial charge on any atom is 0.256 e. The predicted molar refractivity (Wildman–Crippen MR) is 115 cm³/mol. The summed E-state index contributed by atoms with van der Waals surface area (Å²) >= 11 is 4.88. The lowest BCUT2D eigenvalue weighted by molar-refractivity contribution is -0.136. The van der Waals surface area contributed by atoms with Gasteiger partial charge in [0.25, 0.3) is 5.17 Å². The molecule has 1 aliphatic rings. The summed E-state index contributed by atoms with van der Waals surface area (Å²) < 4.78 is 35.8. The van der Waals surface area contributed by atoms with Crippen molar-refractivity contribution in [2.24, 2.45) is 0 Å². The average molecular weight is 468 g/mol. The first-order chi connectivity index (χ1) is 15.3. The molecule has 2 N–H and O–H groups in total. The van der Waals surface area contributed by atoms with Crippen LogP contribution >= 0.6 is 12.2 Å². The summed E-state index contributed by atoms with van der Waals surface area (Å²) in [6.07, 6.45) is 1.27. The molecule has 10 nitrogen and oxygen atoms in total. The van der Waals surface area contributed by atoms with Crippen molar-refractivity contribution in [2.75, 3.05) is 45.2 Å². The Morgan fingerprint density at radius 1 is 1.19 bits per heavy atom. The molecule has 1 aromatic carbocycles. The van der Waals surface area contributed by atoms with Crippen LogP contribution in [0.25, 0.3) is 5.69 Å². The highest BCUT2D eigenvalue weighted by atomic mass is 32.1. The van der Waals surface area contributed by atoms with E-state index in [0.717, 1.165) is 0 Å². The summed E-state index contributed by atoms with van der Waals surface area (Å²) in [6, 6.07) is 2.35. The highest BCUT2D eigenvalue weighted by molar-refractivity contribution is 7.80. The fourth-order valence-corrected chi connectivity index (χ4v) is 3.32. The van der Waals surface area contributed by atoms with E-state index in [1.807, 2.05) is 0 Å². The Morgan fingerprint density at radius 2 is 1.84 bits per heavy atom. The predicted octanol–water partition coefficient (Wildman–Crippen LogP) is 0.351. The van der Waals surface area contributed by atoms with Crippen LogP contribution in [-0.4, -0.2) is 77.2 Å². The molecule has 0 radical (unpaired) electrons. The lowest BCUT2D eigenvalue weighted by Gasteiger charge is -2.36. The highest BCUT2D eigenvalue weighted by Gasteiger charge is 2.26. The molecule has 3 rings (SSSR count). The van der Waals surface area contributed by atoms with Gasteiger partial charge in [0.15, 0.2) is 11.6 Å². The number of thiocarbonyl (C=S) groups is 1. The third-order valence-corrected chi connectivity index (χ3v) is 5.26. The third-order valence-electron chi connectivity index (χ3n) is 4.95. The van der Waals surface area contributed by atoms with Crippen LogP contribution < -0.4 is 15.5 Å². The molecule has 1 saturated heterocycles. The molecule has 0 atom stereocenters. The molecule has 172 valence electrons. The number of halogens is 2. The lowest BCUT2D eigenvalue weighted by Crippen LogP contribution is -2.50. The number of aromatic nitrogens is 3. The molecular formula is C19H23F2N7O3S. The minimum atomic E-state index is -0.749. The topological polar surface area (TPSA) is 105 Å². The van der Waals surface area contributed by atoms with Gasteiger partial charge in [-0.1, -0.05) is 5.21 Å². The number of amides is 2. The molecule has 1 aliphatic heterocycles. The van der Waals surface area contributed by atoms with E-state index in [-0.39, 0.29) is 67.5 Å². The maximum absolute atomic E-state index is 14.8. The molecule has 1 fully saturated rings. The van der Waals surface area contributed by atoms with Gasteiger partial charge in [0.1, 0.15) is 17.8 Å². The summed E-state index contributed by atoms with van der Waals surface area (Å²) in [4.78, 5) is 26.5. The standard InChI is InChI=1S/C19H23F2N7O3S/c1-22-16(29)9-17(30)26-3-5-27(6-4-26)18-14(20)7-13(8-15(18)21)28-11-12(24-25-28)10-23-19(32)31-2/h7-8,11H,3-6,9-10H2,1-2H3,(H,22,29)(H,23,32). The van der Waals surface area contributed by atoms with Crippen LogP contribution in [0.3, 0.4) is 0 Å². The molecule has 2 aromatic rings. The SMILES string of the molecule is CNC(=O)CC(=O)N1CCN(c2c(F)cc(-n3cc(CNC(=S)OC)nn3)cc2F)CC1. The number of nitrogens with one attached hydrogen (secondary N) is 2. The first kappa shape index (κ1) is 23.3. The van der Waals surface area contributed by atoms with Gasteiger partial charge in [-0.3, -0.25) is 9.59 Å². The molecule has 0 saturated carbocycles. The van der Waals surface area contributed by atoms with Gasteiger partial charge in [-0.25, -0.2) is 13.5 Å². The Bertz CT molecular complexity index is 986. The Balaban J connectivity index is 1.67. The smallest absolute Gasteiger partial charge is 0.256 e. The van der Waals surface area contributed by atoms with Gasteiger partial charge in [0.2, 0.25) is 11.8 Å². The molecule has 0 unspecified atom stereocenters. The molecule has 2 heterocycles. The molecule has 0 bridgehead atoms. The third kappa shape index (κ3) is 5.46. The number of ether oxygens (including phenoxy) is 1. The van der Waals surface area contributed by atoms with E-state index in [1.54, 1.807) is 4.90 Å². The van der Waals surface area contributed by atoms with E-state index >= 15 is 0 Å². The first-order valence-corrected chi connectivity index (χ1v) is 10.2. The molecular weight excluding hydrogens is 444 g/mol. The Labute approximate surface area is 188 Å². The molecule has 13 heteroatoms. The lowest BCUT2D eigenvalue weighted by atomic mass is 10.2. The summed E-state index contributed by atoms with van der Waals surface area (Å²) in [6.45, 7) is 1.26. The summed E-state index contributed by atoms with van der Waals surface area (Å²) in [7, 11) is 2.89. The van der Waals surface area contributed by atoms with Crippen LogP contribution in [0.4, 0.5) is 14.5 Å². The fraction of sp³-hybridized carbons (Fsp3) is 0.421. The number of hydrogen-bond donors (Lipinski definition) is 2. The fourth-order valence-electron chi connectivity index (χ4n) is 3.24. The van der Waals surface area contributed by atoms with Crippen LogP contribution in [0.5, 0.6) is 0 Å². The summed E-state index contributed by atoms with van der Waals surface area (Å²) in [5.41, 5.74) is 0.516. The van der Waals surface area contributed by atoms with Crippen molar-refractivity contribution in [1.82, 2.24) is 30.5 Å². The number of methoxy groups -OCH3 is 1. The normalized spacial score (nSPS) is 13.6. The van der Waals surface area contributed by atoms with E-state index in [1.165, 1.54) is 42.1 Å². The number of benzene rings is 1. The van der Waals surface area contributed by atoms with Crippen LogP contribution in [0.2, 0.25) is 0 Å². The first-order valence-electron chi connectivity index (χ1n) is 9.78. The van der Waals surface area contributed by atoms with Gasteiger partial charge in [0.05, 0.1) is 25.5 Å². The van der Waals surface area contributed by atoms with Crippen molar-refractivity contribution in [2.45, 2.75) is 13.0 Å². The largest absolute Gasteiger partial charge is 0.474 e. The van der Waals surface area contributed by atoms with Crippen molar-refractivity contribution < 1.29 is 23.1 Å². The number of carbonyl (C=O) groups is 2. The average Bonchev–Trinajstić information content (AvgIpc) is 3.26. The zero-order valence-corrected chi connectivity index (χ0v) is 18.4. The van der Waals surface area contributed by atoms with Crippen LogP contribution in [0, 0.1) is 11.6 Å². The minimum absolute atomic E-state index is 0.167. The van der Waals surface area contributed by atoms with Gasteiger partial charge >= 0.3 is 0 Å². The number of rotatable bonds is 6. The molecule has 0 spiro atoms. The van der Waals surface area contributed by atoms with Crippen molar-refractivity contribution in [1.29, 1.82) is 0 Å². The summed E-state index contributed by atoms with van der Waals surface area (Å²) in [5.74, 6) is -2.19. The second-order valence-corrected chi connectivity index (χ2v) is 7.35. The van der Waals surface area contributed by atoms with Crippen molar-refractivity contribution in [3.8, 4) is 5.69 Å². The van der Waals surface area contributed by atoms with E-state index in [0.29, 0.717) is 5.69 Å². The Kier molecular flexibility index (Phi) is 7.51. The number of piperazine rings is 1. The zero-order valence-electron chi connectivity index (χ0n) is 17.6. The maximum atomic E-state index is 14.8. The Hall–Kier alpha value is -3.35. The van der Waals surface area contributed by atoms with Crippen molar-refractivity contribution in [3.63, 3.8) is 0 Å². The van der Waals surface area contributed by atoms with Gasteiger partial charge in [-0.15, -0.1) is 5.10 Å². The van der Waals surface area contributed by atoms with Crippen molar-refractivity contribution >= 4 is 34.9 Å². The number of carbonyl (C=O) groups excluding carboxylic acids is 2. The van der Waals surface area contributed by atoms with Gasteiger partial charge < -0.3 is 25.2 Å². The van der Waals surface area contributed by atoms with Crippen molar-refractivity contribution in [3.05, 3.63) is 35.7 Å². The second-order valence-electron chi connectivity index (χ2n) is 6.98. The second kappa shape index (κ2) is 10.3. The molecule has 0 aliphatic carbocycles. The van der Waals surface area contributed by atoms with E-state index in [9.17, 15) is 18.4 Å². The minimum Gasteiger partial charge on any atom is -0.474 e. The molecule has 32 heavy (non-hydrogen) atoms. The zero-order chi connectivity index (χ0) is 23.3.